The third-order valence-corrected chi connectivity index (χ3v) is 5.83. The molecule has 6 heteroatoms. The van der Waals surface area contributed by atoms with Crippen LogP contribution in [0.4, 0.5) is 5.13 Å². The van der Waals surface area contributed by atoms with Crippen molar-refractivity contribution in [1.82, 2.24) is 15.3 Å². The van der Waals surface area contributed by atoms with E-state index in [1.165, 1.54) is 11.3 Å². The molecule has 0 aliphatic carbocycles. The van der Waals surface area contributed by atoms with E-state index in [4.69, 9.17) is 4.98 Å². The molecule has 0 spiro atoms. The average Bonchev–Trinajstić information content (AvgIpc) is 3.21. The number of amides is 1. The van der Waals surface area contributed by atoms with Crippen molar-refractivity contribution in [2.75, 3.05) is 25.0 Å². The van der Waals surface area contributed by atoms with Crippen molar-refractivity contribution in [3.63, 3.8) is 0 Å². The molecular weight excluding hydrogens is 356 g/mol. The molecule has 1 N–H and O–H groups in total. The minimum atomic E-state index is -0.119. The topological polar surface area (TPSA) is 58.1 Å². The molecule has 1 amide bonds. The van der Waals surface area contributed by atoms with Crippen LogP contribution >= 0.6 is 11.3 Å². The number of benzene rings is 1. The second kappa shape index (κ2) is 7.98. The molecule has 1 aromatic carbocycles. The van der Waals surface area contributed by atoms with Crippen LogP contribution in [0.3, 0.4) is 0 Å². The summed E-state index contributed by atoms with van der Waals surface area (Å²) in [4.78, 5) is 24.0. The van der Waals surface area contributed by atoms with Crippen LogP contribution in [0, 0.1) is 5.92 Å². The summed E-state index contributed by atoms with van der Waals surface area (Å²) >= 11 is 1.53. The van der Waals surface area contributed by atoms with Gasteiger partial charge in [0.05, 0.1) is 11.6 Å². The van der Waals surface area contributed by atoms with E-state index in [1.54, 1.807) is 12.4 Å². The van der Waals surface area contributed by atoms with Crippen LogP contribution in [0.25, 0.3) is 11.3 Å². The van der Waals surface area contributed by atoms with E-state index in [-0.39, 0.29) is 11.8 Å². The smallest absolute Gasteiger partial charge is 0.236 e. The number of nitrogens with zero attached hydrogens (tertiary/aromatic N) is 3. The number of piperidine rings is 1. The van der Waals surface area contributed by atoms with E-state index < -0.39 is 0 Å². The lowest BCUT2D eigenvalue weighted by molar-refractivity contribution is -0.121. The number of anilines is 1. The molecule has 0 radical (unpaired) electrons. The summed E-state index contributed by atoms with van der Waals surface area (Å²) in [6.45, 7) is 1.59. The number of thiazole rings is 1. The van der Waals surface area contributed by atoms with E-state index >= 15 is 0 Å². The highest BCUT2D eigenvalue weighted by atomic mass is 32.1. The van der Waals surface area contributed by atoms with Crippen LogP contribution in [-0.4, -0.2) is 36.0 Å². The highest BCUT2D eigenvalue weighted by Crippen LogP contribution is 2.36. The maximum atomic E-state index is 13.3. The van der Waals surface area contributed by atoms with Gasteiger partial charge in [-0.2, -0.15) is 0 Å². The Morgan fingerprint density at radius 2 is 1.96 bits per heavy atom. The van der Waals surface area contributed by atoms with E-state index in [0.717, 1.165) is 34.9 Å². The summed E-state index contributed by atoms with van der Waals surface area (Å²) in [7, 11) is 1.96. The number of hydrogen-bond acceptors (Lipinski definition) is 5. The van der Waals surface area contributed by atoms with Crippen molar-refractivity contribution in [1.29, 1.82) is 0 Å². The Kier molecular flexibility index (Phi) is 5.27. The van der Waals surface area contributed by atoms with Crippen molar-refractivity contribution < 1.29 is 4.79 Å². The Bertz CT molecular complexity index is 897. The maximum Gasteiger partial charge on any atom is 0.236 e. The van der Waals surface area contributed by atoms with Crippen LogP contribution in [0.2, 0.25) is 0 Å². The third-order valence-electron chi connectivity index (χ3n) is 4.97. The monoisotopic (exact) mass is 378 g/mol. The first-order chi connectivity index (χ1) is 13.3. The van der Waals surface area contributed by atoms with Gasteiger partial charge in [-0.25, -0.2) is 4.98 Å². The van der Waals surface area contributed by atoms with Crippen LogP contribution in [-0.2, 0) is 4.79 Å². The molecule has 5 nitrogen and oxygen atoms in total. The standard InChI is InChI=1S/C21H22N4OS/c1-22-12-15-11-18(16-5-3-2-4-6-16)20(26)25(13-15)21-24-19(14-27-21)17-7-9-23-10-8-17/h2-10,14-15,18,22H,11-13H2,1H3. The molecule has 1 aliphatic rings. The van der Waals surface area contributed by atoms with Gasteiger partial charge in [0.1, 0.15) is 0 Å². The summed E-state index contributed by atoms with van der Waals surface area (Å²) in [5, 5.41) is 6.05. The normalized spacial score (nSPS) is 20.0. The molecular formula is C21H22N4OS. The Morgan fingerprint density at radius 3 is 2.70 bits per heavy atom. The minimum Gasteiger partial charge on any atom is -0.319 e. The van der Waals surface area contributed by atoms with Crippen molar-refractivity contribution in [3.8, 4) is 11.3 Å². The SMILES string of the molecule is CNCC1CC(c2ccccc2)C(=O)N(c2nc(-c3ccncc3)cs2)C1. The number of hydrogen-bond donors (Lipinski definition) is 1. The van der Waals surface area contributed by atoms with Crippen LogP contribution in [0.5, 0.6) is 0 Å². The van der Waals surface area contributed by atoms with Gasteiger partial charge in [-0.15, -0.1) is 11.3 Å². The second-order valence-corrected chi connectivity index (χ2v) is 7.66. The predicted octanol–water partition coefficient (Wildman–Crippen LogP) is 3.56. The first-order valence-corrected chi connectivity index (χ1v) is 10.0. The molecule has 0 saturated carbocycles. The highest BCUT2D eigenvalue weighted by Gasteiger charge is 2.36. The first-order valence-electron chi connectivity index (χ1n) is 9.13. The van der Waals surface area contributed by atoms with Gasteiger partial charge in [0.25, 0.3) is 0 Å². The van der Waals surface area contributed by atoms with Gasteiger partial charge in [0, 0.05) is 29.9 Å². The zero-order valence-electron chi connectivity index (χ0n) is 15.2. The zero-order valence-corrected chi connectivity index (χ0v) is 16.0. The number of rotatable bonds is 5. The fourth-order valence-electron chi connectivity index (χ4n) is 3.66. The summed E-state index contributed by atoms with van der Waals surface area (Å²) in [5.74, 6) is 0.418. The molecule has 1 fully saturated rings. The van der Waals surface area contributed by atoms with Gasteiger partial charge in [0.15, 0.2) is 5.13 Å². The van der Waals surface area contributed by atoms with Crippen molar-refractivity contribution in [2.24, 2.45) is 5.92 Å². The lowest BCUT2D eigenvalue weighted by atomic mass is 9.84. The molecule has 2 unspecified atom stereocenters. The Labute approximate surface area is 163 Å². The van der Waals surface area contributed by atoms with Crippen molar-refractivity contribution in [3.05, 3.63) is 65.8 Å². The molecule has 0 bridgehead atoms. The van der Waals surface area contributed by atoms with Crippen molar-refractivity contribution >= 4 is 22.4 Å². The van der Waals surface area contributed by atoms with Gasteiger partial charge < -0.3 is 5.32 Å². The molecule has 2 aromatic heterocycles. The number of pyridine rings is 1. The van der Waals surface area contributed by atoms with Gasteiger partial charge >= 0.3 is 0 Å². The molecule has 3 aromatic rings. The Balaban J connectivity index is 1.64. The minimum absolute atomic E-state index is 0.119. The van der Waals surface area contributed by atoms with Gasteiger partial charge in [0.2, 0.25) is 5.91 Å². The molecule has 138 valence electrons. The van der Waals surface area contributed by atoms with Crippen LogP contribution < -0.4 is 10.2 Å². The molecule has 1 aliphatic heterocycles. The number of aromatic nitrogens is 2. The molecule has 27 heavy (non-hydrogen) atoms. The third kappa shape index (κ3) is 3.77. The number of carbonyl (C=O) groups excluding carboxylic acids is 1. The summed E-state index contributed by atoms with van der Waals surface area (Å²) in [5.41, 5.74) is 2.99. The van der Waals surface area contributed by atoms with E-state index in [0.29, 0.717) is 12.5 Å². The average molecular weight is 379 g/mol. The fraction of sp³-hybridized carbons (Fsp3) is 0.286. The van der Waals surface area contributed by atoms with Crippen molar-refractivity contribution in [2.45, 2.75) is 12.3 Å². The second-order valence-electron chi connectivity index (χ2n) is 6.82. The van der Waals surface area contributed by atoms with E-state index in [9.17, 15) is 4.79 Å². The van der Waals surface area contributed by atoms with Gasteiger partial charge in [-0.1, -0.05) is 30.3 Å². The number of nitrogens with one attached hydrogen (secondary N) is 1. The molecule has 1 saturated heterocycles. The van der Waals surface area contributed by atoms with E-state index in [1.807, 2.05) is 59.8 Å². The summed E-state index contributed by atoms with van der Waals surface area (Å²) < 4.78 is 0. The fourth-order valence-corrected chi connectivity index (χ4v) is 4.51. The highest BCUT2D eigenvalue weighted by molar-refractivity contribution is 7.14. The summed E-state index contributed by atoms with van der Waals surface area (Å²) in [6.07, 6.45) is 4.38. The Morgan fingerprint density at radius 1 is 1.19 bits per heavy atom. The zero-order chi connectivity index (χ0) is 18.6. The maximum absolute atomic E-state index is 13.3. The van der Waals surface area contributed by atoms with Crippen LogP contribution in [0.15, 0.2) is 60.2 Å². The predicted molar refractivity (Wildman–Crippen MR) is 109 cm³/mol. The Hall–Kier alpha value is -2.57. The van der Waals surface area contributed by atoms with E-state index in [2.05, 4.69) is 10.3 Å². The quantitative estimate of drug-likeness (QED) is 0.737. The molecule has 4 rings (SSSR count). The van der Waals surface area contributed by atoms with Gasteiger partial charge in [-0.05, 0) is 43.6 Å². The first kappa shape index (κ1) is 17.8. The van der Waals surface area contributed by atoms with Crippen LogP contribution in [0.1, 0.15) is 17.9 Å². The molecule has 3 heterocycles. The number of carbonyl (C=O) groups is 1. The largest absolute Gasteiger partial charge is 0.319 e. The lowest BCUT2D eigenvalue weighted by Crippen LogP contribution is -2.46. The van der Waals surface area contributed by atoms with Gasteiger partial charge in [-0.3, -0.25) is 14.7 Å². The summed E-state index contributed by atoms with van der Waals surface area (Å²) in [6, 6.07) is 14.0. The lowest BCUT2D eigenvalue weighted by Gasteiger charge is -2.36. The molecule has 2 atom stereocenters.